The number of nitrogens with one attached hydrogen (secondary N) is 2. The van der Waals surface area contributed by atoms with E-state index in [0.29, 0.717) is 6.54 Å². The Labute approximate surface area is 144 Å². The number of rotatable bonds is 6. The van der Waals surface area contributed by atoms with Crippen molar-refractivity contribution < 1.29 is 23.2 Å². The average molecular weight is 356 g/mol. The van der Waals surface area contributed by atoms with E-state index in [4.69, 9.17) is 16.3 Å². The van der Waals surface area contributed by atoms with E-state index in [1.54, 1.807) is 19.2 Å². The Balaban J connectivity index is 1.92. The number of hydrogen-bond acceptors (Lipinski definition) is 2. The van der Waals surface area contributed by atoms with E-state index in [1.807, 2.05) is 0 Å². The molecule has 0 saturated carbocycles. The molecule has 2 N–H and O–H groups in total. The molecule has 0 radical (unpaired) electrons. The molecule has 7 heteroatoms. The minimum atomic E-state index is -0.592. The van der Waals surface area contributed by atoms with Crippen molar-refractivity contribution in [3.63, 3.8) is 0 Å². The van der Waals surface area contributed by atoms with Crippen LogP contribution in [0.25, 0.3) is 0 Å². The molecule has 0 spiro atoms. The fourth-order valence-corrected chi connectivity index (χ4v) is 2.45. The Morgan fingerprint density at radius 2 is 1.96 bits per heavy atom. The number of carbonyl (C=O) groups is 1. The Hall–Kier alpha value is -2.18. The molecule has 0 aromatic heterocycles. The third-order valence-corrected chi connectivity index (χ3v) is 3.62. The SMILES string of the molecule is COc1ccc(C[NH+](C)CC(=O)Nc2ccc(Cl)cc2F)cc1F. The minimum absolute atomic E-state index is 0.0766. The van der Waals surface area contributed by atoms with Gasteiger partial charge >= 0.3 is 0 Å². The summed E-state index contributed by atoms with van der Waals surface area (Å²) in [6.45, 7) is 0.549. The van der Waals surface area contributed by atoms with E-state index in [-0.39, 0.29) is 28.9 Å². The van der Waals surface area contributed by atoms with Crippen molar-refractivity contribution in [3.8, 4) is 5.75 Å². The van der Waals surface area contributed by atoms with Crippen LogP contribution in [0.5, 0.6) is 5.75 Å². The van der Waals surface area contributed by atoms with Crippen molar-refractivity contribution in [2.45, 2.75) is 6.54 Å². The lowest BCUT2D eigenvalue weighted by molar-refractivity contribution is -0.885. The predicted octanol–water partition coefficient (Wildman–Crippen LogP) is 2.28. The van der Waals surface area contributed by atoms with Gasteiger partial charge in [0.1, 0.15) is 12.4 Å². The molecule has 1 atom stereocenters. The van der Waals surface area contributed by atoms with Crippen molar-refractivity contribution >= 4 is 23.2 Å². The number of halogens is 3. The molecule has 0 saturated heterocycles. The lowest BCUT2D eigenvalue weighted by Gasteiger charge is -2.14. The summed E-state index contributed by atoms with van der Waals surface area (Å²) < 4.78 is 32.2. The molecule has 0 aliphatic heterocycles. The van der Waals surface area contributed by atoms with Crippen LogP contribution < -0.4 is 15.0 Å². The Morgan fingerprint density at radius 1 is 1.21 bits per heavy atom. The Kier molecular flexibility index (Phi) is 6.11. The fraction of sp³-hybridized carbons (Fsp3) is 0.235. The maximum atomic E-state index is 13.7. The molecule has 0 fully saturated rings. The van der Waals surface area contributed by atoms with Gasteiger partial charge in [0.25, 0.3) is 5.91 Å². The van der Waals surface area contributed by atoms with Gasteiger partial charge in [-0.2, -0.15) is 0 Å². The van der Waals surface area contributed by atoms with Crippen LogP contribution in [0.4, 0.5) is 14.5 Å². The van der Waals surface area contributed by atoms with Crippen LogP contribution >= 0.6 is 11.6 Å². The molecule has 0 bridgehead atoms. The lowest BCUT2D eigenvalue weighted by atomic mass is 10.2. The molecule has 0 aliphatic rings. The number of quaternary nitrogens is 1. The highest BCUT2D eigenvalue weighted by Gasteiger charge is 2.14. The van der Waals surface area contributed by atoms with Crippen molar-refractivity contribution in [1.29, 1.82) is 0 Å². The van der Waals surface area contributed by atoms with Gasteiger partial charge in [-0.05, 0) is 36.4 Å². The number of ether oxygens (including phenoxy) is 1. The molecular weight excluding hydrogens is 338 g/mol. The van der Waals surface area contributed by atoms with E-state index in [0.717, 1.165) is 16.5 Å². The third kappa shape index (κ3) is 4.91. The largest absolute Gasteiger partial charge is 0.494 e. The van der Waals surface area contributed by atoms with Crippen LogP contribution in [-0.4, -0.2) is 26.6 Å². The molecule has 2 aromatic carbocycles. The average Bonchev–Trinajstić information content (AvgIpc) is 2.50. The predicted molar refractivity (Wildman–Crippen MR) is 88.4 cm³/mol. The molecule has 0 aliphatic carbocycles. The van der Waals surface area contributed by atoms with E-state index in [1.165, 1.54) is 25.3 Å². The quantitative estimate of drug-likeness (QED) is 0.835. The number of benzene rings is 2. The maximum absolute atomic E-state index is 13.7. The second kappa shape index (κ2) is 8.08. The molecule has 1 unspecified atom stereocenters. The highest BCUT2D eigenvalue weighted by Crippen LogP contribution is 2.19. The van der Waals surface area contributed by atoms with Crippen LogP contribution in [0.1, 0.15) is 5.56 Å². The van der Waals surface area contributed by atoms with Crippen molar-refractivity contribution in [1.82, 2.24) is 0 Å². The molecule has 0 heterocycles. The zero-order chi connectivity index (χ0) is 17.7. The number of methoxy groups -OCH3 is 1. The lowest BCUT2D eigenvalue weighted by Crippen LogP contribution is -3.08. The van der Waals surface area contributed by atoms with E-state index in [2.05, 4.69) is 5.32 Å². The molecule has 24 heavy (non-hydrogen) atoms. The van der Waals surface area contributed by atoms with Crippen LogP contribution in [0.15, 0.2) is 36.4 Å². The summed E-state index contributed by atoms with van der Waals surface area (Å²) in [5.74, 6) is -1.21. The summed E-state index contributed by atoms with van der Waals surface area (Å²) in [5.41, 5.74) is 0.809. The zero-order valence-electron chi connectivity index (χ0n) is 13.3. The van der Waals surface area contributed by atoms with Crippen molar-refractivity contribution in [2.75, 3.05) is 26.0 Å². The fourth-order valence-electron chi connectivity index (χ4n) is 2.29. The topological polar surface area (TPSA) is 42.8 Å². The Bertz CT molecular complexity index is 741. The number of likely N-dealkylation sites (N-methyl/N-ethyl adjacent to an activating group) is 1. The summed E-state index contributed by atoms with van der Waals surface area (Å²) in [6, 6.07) is 8.69. The van der Waals surface area contributed by atoms with Crippen LogP contribution in [-0.2, 0) is 11.3 Å². The molecule has 128 valence electrons. The normalized spacial score (nSPS) is 11.9. The first-order valence-electron chi connectivity index (χ1n) is 7.27. The van der Waals surface area contributed by atoms with Gasteiger partial charge in [-0.15, -0.1) is 0 Å². The van der Waals surface area contributed by atoms with Crippen LogP contribution in [0.3, 0.4) is 0 Å². The van der Waals surface area contributed by atoms with Gasteiger partial charge in [0, 0.05) is 10.6 Å². The molecule has 1 amide bonds. The maximum Gasteiger partial charge on any atom is 0.279 e. The summed E-state index contributed by atoms with van der Waals surface area (Å²) in [5, 5.41) is 2.76. The smallest absolute Gasteiger partial charge is 0.279 e. The summed E-state index contributed by atoms with van der Waals surface area (Å²) in [4.78, 5) is 12.8. The van der Waals surface area contributed by atoms with Gasteiger partial charge in [0.15, 0.2) is 18.1 Å². The highest BCUT2D eigenvalue weighted by molar-refractivity contribution is 6.30. The standard InChI is InChI=1S/C17H17ClF2N2O2/c1-22(9-11-3-6-16(24-2)14(20)7-11)10-17(23)21-15-5-4-12(18)8-13(15)19/h3-8H,9-10H2,1-2H3,(H,21,23)/p+1. The first-order chi connectivity index (χ1) is 11.4. The number of hydrogen-bond donors (Lipinski definition) is 2. The first-order valence-corrected chi connectivity index (χ1v) is 7.65. The zero-order valence-corrected chi connectivity index (χ0v) is 14.1. The summed E-state index contributed by atoms with van der Waals surface area (Å²) >= 11 is 5.67. The second-order valence-corrected chi connectivity index (χ2v) is 5.89. The van der Waals surface area contributed by atoms with Gasteiger partial charge in [-0.3, -0.25) is 4.79 Å². The Morgan fingerprint density at radius 3 is 2.58 bits per heavy atom. The number of carbonyl (C=O) groups excluding carboxylic acids is 1. The minimum Gasteiger partial charge on any atom is -0.494 e. The van der Waals surface area contributed by atoms with Gasteiger partial charge in [-0.1, -0.05) is 11.6 Å². The molecule has 2 rings (SSSR count). The van der Waals surface area contributed by atoms with Crippen LogP contribution in [0, 0.1) is 11.6 Å². The van der Waals surface area contributed by atoms with E-state index < -0.39 is 11.6 Å². The van der Waals surface area contributed by atoms with Crippen LogP contribution in [0.2, 0.25) is 5.02 Å². The molecule has 4 nitrogen and oxygen atoms in total. The number of anilines is 1. The first kappa shape index (κ1) is 18.2. The van der Waals surface area contributed by atoms with Gasteiger partial charge in [-0.25, -0.2) is 8.78 Å². The van der Waals surface area contributed by atoms with Gasteiger partial charge in [0.2, 0.25) is 0 Å². The van der Waals surface area contributed by atoms with E-state index >= 15 is 0 Å². The van der Waals surface area contributed by atoms with Crippen molar-refractivity contribution in [2.24, 2.45) is 0 Å². The summed E-state index contributed by atoms with van der Waals surface area (Å²) in [6.07, 6.45) is 0. The van der Waals surface area contributed by atoms with Gasteiger partial charge in [0.05, 0.1) is 19.8 Å². The second-order valence-electron chi connectivity index (χ2n) is 5.45. The van der Waals surface area contributed by atoms with Crippen molar-refractivity contribution in [3.05, 3.63) is 58.6 Å². The molecule has 2 aromatic rings. The number of amides is 1. The van der Waals surface area contributed by atoms with E-state index in [9.17, 15) is 13.6 Å². The molecular formula is C17H18ClF2N2O2+. The summed E-state index contributed by atoms with van der Waals surface area (Å²) in [7, 11) is 3.19. The highest BCUT2D eigenvalue weighted by atomic mass is 35.5. The van der Waals surface area contributed by atoms with Gasteiger partial charge < -0.3 is 15.0 Å². The third-order valence-electron chi connectivity index (χ3n) is 3.39. The monoisotopic (exact) mass is 355 g/mol.